The Morgan fingerprint density at radius 2 is 1.93 bits per heavy atom. The number of carbonyl (C=O) groups excluding carboxylic acids is 1. The quantitative estimate of drug-likeness (QED) is 0.613. The van der Waals surface area contributed by atoms with Crippen molar-refractivity contribution in [2.24, 2.45) is 0 Å². The molecule has 1 atom stereocenters. The first kappa shape index (κ1) is 21.7. The molecule has 29 heavy (non-hydrogen) atoms. The number of ether oxygens (including phenoxy) is 1. The molecule has 1 aliphatic heterocycles. The Morgan fingerprint density at radius 1 is 1.21 bits per heavy atom. The van der Waals surface area contributed by atoms with Crippen molar-refractivity contribution in [2.75, 3.05) is 18.6 Å². The Labute approximate surface area is 180 Å². The van der Waals surface area contributed by atoms with Crippen LogP contribution >= 0.6 is 23.2 Å². The van der Waals surface area contributed by atoms with Gasteiger partial charge in [0.2, 0.25) is 5.91 Å². The third kappa shape index (κ3) is 5.75. The van der Waals surface area contributed by atoms with Crippen LogP contribution in [-0.2, 0) is 21.2 Å². The second kappa shape index (κ2) is 9.20. The Morgan fingerprint density at radius 3 is 2.52 bits per heavy atom. The Kier molecular flexibility index (Phi) is 6.88. The second-order valence-corrected chi connectivity index (χ2v) is 9.94. The summed E-state index contributed by atoms with van der Waals surface area (Å²) in [6, 6.07) is 12.0. The number of carbonyl (C=O) groups is 1. The number of hydrogen-bond donors (Lipinski definition) is 0. The van der Waals surface area contributed by atoms with Gasteiger partial charge in [-0.2, -0.15) is 0 Å². The maximum Gasteiger partial charge on any atom is 0.247 e. The molecule has 2 aromatic rings. The number of sulfone groups is 1. The van der Waals surface area contributed by atoms with Crippen molar-refractivity contribution >= 4 is 45.0 Å². The standard InChI is InChI=1S/C21H21Cl2NO4S/c1-28-19-7-2-15(3-8-19)13-24(18-10-11-29(26,27)14-18)21(25)9-5-16-4-6-17(22)12-20(16)23/h2-9,12,18H,10-11,13-14H2,1H3/b9-5+/t18-/m0/s1. The molecule has 154 valence electrons. The van der Waals surface area contributed by atoms with E-state index in [0.717, 1.165) is 5.56 Å². The summed E-state index contributed by atoms with van der Waals surface area (Å²) < 4.78 is 29.1. The minimum Gasteiger partial charge on any atom is -0.497 e. The smallest absolute Gasteiger partial charge is 0.247 e. The fraction of sp³-hybridized carbons (Fsp3) is 0.286. The van der Waals surface area contributed by atoms with E-state index >= 15 is 0 Å². The number of rotatable bonds is 6. The molecule has 0 unspecified atom stereocenters. The molecule has 8 heteroatoms. The van der Waals surface area contributed by atoms with E-state index in [1.54, 1.807) is 36.3 Å². The number of halogens is 2. The Bertz CT molecular complexity index is 1020. The zero-order valence-electron chi connectivity index (χ0n) is 15.8. The lowest BCUT2D eigenvalue weighted by Gasteiger charge is -2.27. The monoisotopic (exact) mass is 453 g/mol. The van der Waals surface area contributed by atoms with Gasteiger partial charge in [-0.15, -0.1) is 0 Å². The maximum atomic E-state index is 13.0. The van der Waals surface area contributed by atoms with Crippen molar-refractivity contribution in [3.8, 4) is 5.75 Å². The molecular weight excluding hydrogens is 433 g/mol. The highest BCUT2D eigenvalue weighted by atomic mass is 35.5. The van der Waals surface area contributed by atoms with Crippen LogP contribution in [0.5, 0.6) is 5.75 Å². The molecule has 0 saturated carbocycles. The van der Waals surface area contributed by atoms with Crippen LogP contribution in [0.25, 0.3) is 6.08 Å². The third-order valence-electron chi connectivity index (χ3n) is 4.81. The van der Waals surface area contributed by atoms with Gasteiger partial charge >= 0.3 is 0 Å². The largest absolute Gasteiger partial charge is 0.497 e. The number of methoxy groups -OCH3 is 1. The molecule has 0 N–H and O–H groups in total. The molecule has 2 aromatic carbocycles. The fourth-order valence-corrected chi connectivity index (χ4v) is 5.43. The van der Waals surface area contributed by atoms with Gasteiger partial charge in [0.15, 0.2) is 9.84 Å². The van der Waals surface area contributed by atoms with Crippen molar-refractivity contribution in [3.63, 3.8) is 0 Å². The minimum atomic E-state index is -3.13. The highest BCUT2D eigenvalue weighted by Gasteiger charge is 2.34. The average molecular weight is 454 g/mol. The first-order valence-corrected chi connectivity index (χ1v) is 11.6. The van der Waals surface area contributed by atoms with Crippen molar-refractivity contribution < 1.29 is 17.9 Å². The van der Waals surface area contributed by atoms with E-state index in [2.05, 4.69) is 0 Å². The van der Waals surface area contributed by atoms with E-state index in [-0.39, 0.29) is 23.5 Å². The van der Waals surface area contributed by atoms with Crippen LogP contribution in [0.1, 0.15) is 17.5 Å². The van der Waals surface area contributed by atoms with E-state index < -0.39 is 9.84 Å². The fourth-order valence-electron chi connectivity index (χ4n) is 3.23. The van der Waals surface area contributed by atoms with Gasteiger partial charge in [0.05, 0.1) is 18.6 Å². The molecule has 0 spiro atoms. The zero-order valence-corrected chi connectivity index (χ0v) is 18.2. The van der Waals surface area contributed by atoms with E-state index in [0.29, 0.717) is 34.3 Å². The van der Waals surface area contributed by atoms with Gasteiger partial charge in [-0.1, -0.05) is 41.4 Å². The van der Waals surface area contributed by atoms with Gasteiger partial charge in [0.25, 0.3) is 0 Å². The lowest BCUT2D eigenvalue weighted by atomic mass is 10.1. The van der Waals surface area contributed by atoms with Crippen LogP contribution in [0.2, 0.25) is 10.0 Å². The Balaban J connectivity index is 1.83. The van der Waals surface area contributed by atoms with Gasteiger partial charge in [0.1, 0.15) is 5.75 Å². The predicted octanol–water partition coefficient (Wildman–Crippen LogP) is 4.23. The highest BCUT2D eigenvalue weighted by Crippen LogP contribution is 2.24. The molecular formula is C21H21Cl2NO4S. The molecule has 0 bridgehead atoms. The maximum absolute atomic E-state index is 13.0. The van der Waals surface area contributed by atoms with Gasteiger partial charge in [-0.25, -0.2) is 8.42 Å². The summed E-state index contributed by atoms with van der Waals surface area (Å²) in [5.74, 6) is 0.516. The van der Waals surface area contributed by atoms with Gasteiger partial charge < -0.3 is 9.64 Å². The summed E-state index contributed by atoms with van der Waals surface area (Å²) >= 11 is 12.1. The van der Waals surface area contributed by atoms with E-state index in [1.807, 2.05) is 24.3 Å². The summed E-state index contributed by atoms with van der Waals surface area (Å²) in [6.07, 6.45) is 3.47. The molecule has 0 aliphatic carbocycles. The van der Waals surface area contributed by atoms with Crippen LogP contribution < -0.4 is 4.74 Å². The molecule has 0 aromatic heterocycles. The third-order valence-corrected chi connectivity index (χ3v) is 7.12. The summed E-state index contributed by atoms with van der Waals surface area (Å²) in [7, 11) is -1.55. The lowest BCUT2D eigenvalue weighted by molar-refractivity contribution is -0.128. The minimum absolute atomic E-state index is 0.0234. The first-order chi connectivity index (χ1) is 13.8. The summed E-state index contributed by atoms with van der Waals surface area (Å²) in [4.78, 5) is 14.6. The zero-order chi connectivity index (χ0) is 21.0. The highest BCUT2D eigenvalue weighted by molar-refractivity contribution is 7.91. The summed E-state index contributed by atoms with van der Waals surface area (Å²) in [5.41, 5.74) is 1.55. The molecule has 3 rings (SSSR count). The lowest BCUT2D eigenvalue weighted by Crippen LogP contribution is -2.39. The Hall–Kier alpha value is -2.02. The van der Waals surface area contributed by atoms with E-state index in [4.69, 9.17) is 27.9 Å². The van der Waals surface area contributed by atoms with Gasteiger partial charge in [-0.3, -0.25) is 4.79 Å². The molecule has 1 heterocycles. The van der Waals surface area contributed by atoms with Crippen LogP contribution in [0.3, 0.4) is 0 Å². The summed E-state index contributed by atoms with van der Waals surface area (Å²) in [5, 5.41) is 0.947. The van der Waals surface area contributed by atoms with Crippen LogP contribution in [0, 0.1) is 0 Å². The molecule has 5 nitrogen and oxygen atoms in total. The number of hydrogen-bond acceptors (Lipinski definition) is 4. The number of amides is 1. The van der Waals surface area contributed by atoms with Crippen molar-refractivity contribution in [1.29, 1.82) is 0 Å². The molecule has 1 aliphatic rings. The van der Waals surface area contributed by atoms with Crippen molar-refractivity contribution in [1.82, 2.24) is 4.90 Å². The SMILES string of the molecule is COc1ccc(CN(C(=O)/C=C/c2ccc(Cl)cc2Cl)[C@H]2CCS(=O)(=O)C2)cc1. The van der Waals surface area contributed by atoms with Crippen molar-refractivity contribution in [2.45, 2.75) is 19.0 Å². The topological polar surface area (TPSA) is 63.7 Å². The van der Waals surface area contributed by atoms with Crippen LogP contribution in [0.15, 0.2) is 48.5 Å². The van der Waals surface area contributed by atoms with Gasteiger partial charge in [0, 0.05) is 28.7 Å². The van der Waals surface area contributed by atoms with Crippen molar-refractivity contribution in [3.05, 3.63) is 69.7 Å². The normalized spacial score (nSPS) is 18.1. The van der Waals surface area contributed by atoms with E-state index in [1.165, 1.54) is 6.08 Å². The van der Waals surface area contributed by atoms with Crippen LogP contribution in [-0.4, -0.2) is 43.9 Å². The number of nitrogens with zero attached hydrogens (tertiary/aromatic N) is 1. The molecule has 1 fully saturated rings. The first-order valence-electron chi connectivity index (χ1n) is 9.04. The predicted molar refractivity (Wildman–Crippen MR) is 116 cm³/mol. The van der Waals surface area contributed by atoms with Gasteiger partial charge in [-0.05, 0) is 47.9 Å². The number of benzene rings is 2. The molecule has 1 amide bonds. The van der Waals surface area contributed by atoms with E-state index in [9.17, 15) is 13.2 Å². The molecule has 1 saturated heterocycles. The second-order valence-electron chi connectivity index (χ2n) is 6.87. The molecule has 0 radical (unpaired) electrons. The summed E-state index contributed by atoms with van der Waals surface area (Å²) in [6.45, 7) is 0.307. The average Bonchev–Trinajstić information content (AvgIpc) is 3.05. The van der Waals surface area contributed by atoms with Crippen LogP contribution in [0.4, 0.5) is 0 Å².